The van der Waals surface area contributed by atoms with Crippen LogP contribution in [0, 0.1) is 0 Å². The molecule has 0 bridgehead atoms. The molecule has 9 heteroatoms. The average molecular weight is 403 g/mol. The highest BCUT2D eigenvalue weighted by atomic mass is 35.5. The Bertz CT molecular complexity index is 975. The third kappa shape index (κ3) is 3.96. The van der Waals surface area contributed by atoms with Gasteiger partial charge in [0.25, 0.3) is 17.6 Å². The summed E-state index contributed by atoms with van der Waals surface area (Å²) in [5, 5.41) is 2.84. The highest BCUT2D eigenvalue weighted by Crippen LogP contribution is 2.28. The van der Waals surface area contributed by atoms with Crippen LogP contribution in [-0.4, -0.2) is 43.8 Å². The van der Waals surface area contributed by atoms with Crippen LogP contribution >= 0.6 is 11.6 Å². The Labute approximate surface area is 165 Å². The number of hydrogen-bond acceptors (Lipinski definition) is 6. The summed E-state index contributed by atoms with van der Waals surface area (Å²) in [4.78, 5) is 48.9. The Morgan fingerprint density at radius 2 is 1.89 bits per heavy atom. The molecule has 2 amide bonds. The van der Waals surface area contributed by atoms with Gasteiger partial charge in [0.1, 0.15) is 12.3 Å². The van der Waals surface area contributed by atoms with E-state index in [-0.39, 0.29) is 5.56 Å². The number of nitrogens with zero attached hydrogens (tertiary/aromatic N) is 1. The maximum Gasteiger partial charge on any atom is 0.326 e. The van der Waals surface area contributed by atoms with Crippen LogP contribution in [0.5, 0.6) is 5.75 Å². The van der Waals surface area contributed by atoms with Crippen molar-refractivity contribution in [2.75, 3.05) is 30.5 Å². The number of ketones is 1. The quantitative estimate of drug-likeness (QED) is 0.586. The highest BCUT2D eigenvalue weighted by Gasteiger charge is 2.36. The van der Waals surface area contributed by atoms with E-state index in [0.29, 0.717) is 22.1 Å². The number of carbonyl (C=O) groups excluding carboxylic acids is 4. The topological polar surface area (TPSA) is 102 Å². The van der Waals surface area contributed by atoms with Gasteiger partial charge in [-0.25, -0.2) is 0 Å². The van der Waals surface area contributed by atoms with Gasteiger partial charge in [-0.2, -0.15) is 0 Å². The van der Waals surface area contributed by atoms with Crippen molar-refractivity contribution in [3.63, 3.8) is 0 Å². The molecule has 2 aromatic rings. The molecular formula is C19H15ClN2O6. The number of anilines is 2. The van der Waals surface area contributed by atoms with Crippen LogP contribution < -0.4 is 15.0 Å². The first-order valence-electron chi connectivity index (χ1n) is 8.15. The number of rotatable bonds is 6. The number of para-hydroxylation sites is 1. The standard InChI is InChI=1S/C19H15ClN2O6/c1-27-15-7-6-11(8-13(15)20)21-16(23)10-28-17(24)9-22-14-5-3-2-4-12(14)18(25)19(22)26/h2-8H,9-10H2,1H3,(H,21,23). The molecule has 0 atom stereocenters. The molecular weight excluding hydrogens is 388 g/mol. The summed E-state index contributed by atoms with van der Waals surface area (Å²) in [6.07, 6.45) is 0. The Hall–Kier alpha value is -3.39. The normalized spacial score (nSPS) is 12.6. The minimum Gasteiger partial charge on any atom is -0.495 e. The molecule has 144 valence electrons. The van der Waals surface area contributed by atoms with Gasteiger partial charge in [-0.05, 0) is 30.3 Å². The third-order valence-electron chi connectivity index (χ3n) is 3.97. The molecule has 8 nitrogen and oxygen atoms in total. The Morgan fingerprint density at radius 3 is 2.61 bits per heavy atom. The number of amides is 2. The SMILES string of the molecule is COc1ccc(NC(=O)COC(=O)CN2C(=O)C(=O)c3ccccc32)cc1Cl. The van der Waals surface area contributed by atoms with Gasteiger partial charge in [-0.3, -0.25) is 24.1 Å². The van der Waals surface area contributed by atoms with Crippen LogP contribution in [0.3, 0.4) is 0 Å². The van der Waals surface area contributed by atoms with Gasteiger partial charge >= 0.3 is 5.97 Å². The van der Waals surface area contributed by atoms with Gasteiger partial charge in [0, 0.05) is 5.69 Å². The molecule has 1 aliphatic rings. The van der Waals surface area contributed by atoms with Gasteiger partial charge in [-0.15, -0.1) is 0 Å². The number of esters is 1. The molecule has 1 heterocycles. The summed E-state index contributed by atoms with van der Waals surface area (Å²) >= 11 is 5.98. The number of Topliss-reactive ketones (excluding diaryl/α,β-unsaturated/α-hetero) is 1. The predicted octanol–water partition coefficient (Wildman–Crippen LogP) is 2.06. The monoisotopic (exact) mass is 402 g/mol. The van der Waals surface area contributed by atoms with Gasteiger partial charge in [-0.1, -0.05) is 23.7 Å². The van der Waals surface area contributed by atoms with Crippen molar-refractivity contribution < 1.29 is 28.7 Å². The molecule has 3 rings (SSSR count). The highest BCUT2D eigenvalue weighted by molar-refractivity contribution is 6.52. The van der Waals surface area contributed by atoms with Crippen molar-refractivity contribution in [2.24, 2.45) is 0 Å². The molecule has 2 aromatic carbocycles. The molecule has 1 N–H and O–H groups in total. The van der Waals surface area contributed by atoms with Crippen molar-refractivity contribution in [3.05, 3.63) is 53.1 Å². The Kier molecular flexibility index (Phi) is 5.60. The number of nitrogens with one attached hydrogen (secondary N) is 1. The van der Waals surface area contributed by atoms with Crippen LogP contribution in [0.25, 0.3) is 0 Å². The molecule has 1 aliphatic heterocycles. The molecule has 0 aromatic heterocycles. The Morgan fingerprint density at radius 1 is 1.14 bits per heavy atom. The summed E-state index contributed by atoms with van der Waals surface area (Å²) < 4.78 is 9.92. The minimum absolute atomic E-state index is 0.231. The van der Waals surface area contributed by atoms with Crippen molar-refractivity contribution in [3.8, 4) is 5.75 Å². The van der Waals surface area contributed by atoms with Crippen molar-refractivity contribution >= 4 is 46.5 Å². The maximum absolute atomic E-state index is 12.0. The van der Waals surface area contributed by atoms with Crippen LogP contribution in [0.4, 0.5) is 11.4 Å². The number of hydrogen-bond donors (Lipinski definition) is 1. The van der Waals surface area contributed by atoms with E-state index in [1.165, 1.54) is 19.2 Å². The van der Waals surface area contributed by atoms with Crippen molar-refractivity contribution in [1.82, 2.24) is 0 Å². The zero-order valence-electron chi connectivity index (χ0n) is 14.7. The van der Waals surface area contributed by atoms with Gasteiger partial charge < -0.3 is 14.8 Å². The molecule has 0 unspecified atom stereocenters. The van der Waals surface area contributed by atoms with E-state index in [0.717, 1.165) is 4.90 Å². The zero-order chi connectivity index (χ0) is 20.3. The summed E-state index contributed by atoms with van der Waals surface area (Å²) in [7, 11) is 1.47. The lowest BCUT2D eigenvalue weighted by atomic mass is 10.1. The average Bonchev–Trinajstić information content (AvgIpc) is 2.92. The summed E-state index contributed by atoms with van der Waals surface area (Å²) in [6, 6.07) is 11.0. The Balaban J connectivity index is 1.55. The fourth-order valence-corrected chi connectivity index (χ4v) is 2.92. The lowest BCUT2D eigenvalue weighted by Gasteiger charge is -2.15. The van der Waals surface area contributed by atoms with Crippen molar-refractivity contribution in [2.45, 2.75) is 0 Å². The van der Waals surface area contributed by atoms with Crippen molar-refractivity contribution in [1.29, 1.82) is 0 Å². The van der Waals surface area contributed by atoms with E-state index >= 15 is 0 Å². The van der Waals surface area contributed by atoms with Crippen LogP contribution in [-0.2, 0) is 19.1 Å². The third-order valence-corrected chi connectivity index (χ3v) is 4.26. The number of ether oxygens (including phenoxy) is 2. The van der Waals surface area contributed by atoms with Gasteiger partial charge in [0.05, 0.1) is 23.4 Å². The molecule has 28 heavy (non-hydrogen) atoms. The lowest BCUT2D eigenvalue weighted by molar-refractivity contribution is -0.146. The maximum atomic E-state index is 12.0. The predicted molar refractivity (Wildman–Crippen MR) is 101 cm³/mol. The molecule has 0 saturated heterocycles. The first-order chi connectivity index (χ1) is 13.4. The number of methoxy groups -OCH3 is 1. The summed E-state index contributed by atoms with van der Waals surface area (Å²) in [5.74, 6) is -2.44. The molecule has 0 saturated carbocycles. The number of benzene rings is 2. The lowest BCUT2D eigenvalue weighted by Crippen LogP contribution is -2.36. The van der Waals surface area contributed by atoms with Crippen LogP contribution in [0.1, 0.15) is 10.4 Å². The second-order valence-corrected chi connectivity index (χ2v) is 6.20. The summed E-state index contributed by atoms with van der Waals surface area (Å²) in [6.45, 7) is -1.02. The van der Waals surface area contributed by atoms with E-state index in [1.54, 1.807) is 30.3 Å². The van der Waals surface area contributed by atoms with Gasteiger partial charge in [0.2, 0.25) is 0 Å². The smallest absolute Gasteiger partial charge is 0.326 e. The number of halogens is 1. The largest absolute Gasteiger partial charge is 0.495 e. The fraction of sp³-hybridized carbons (Fsp3) is 0.158. The fourth-order valence-electron chi connectivity index (χ4n) is 2.67. The second-order valence-electron chi connectivity index (χ2n) is 5.80. The van der Waals surface area contributed by atoms with Crippen LogP contribution in [0.2, 0.25) is 5.02 Å². The van der Waals surface area contributed by atoms with E-state index in [2.05, 4.69) is 5.32 Å². The number of carbonyl (C=O) groups is 4. The first kappa shape index (κ1) is 19.4. The van der Waals surface area contributed by atoms with Crippen LogP contribution in [0.15, 0.2) is 42.5 Å². The molecule has 0 spiro atoms. The number of fused-ring (bicyclic) bond motifs is 1. The minimum atomic E-state index is -0.819. The zero-order valence-corrected chi connectivity index (χ0v) is 15.5. The van der Waals surface area contributed by atoms with E-state index < -0.39 is 36.7 Å². The van der Waals surface area contributed by atoms with Gasteiger partial charge in [0.15, 0.2) is 6.61 Å². The van der Waals surface area contributed by atoms with E-state index in [4.69, 9.17) is 21.1 Å². The second kappa shape index (κ2) is 8.10. The molecule has 0 aliphatic carbocycles. The molecule has 0 fully saturated rings. The summed E-state index contributed by atoms with van der Waals surface area (Å²) in [5.41, 5.74) is 0.974. The first-order valence-corrected chi connectivity index (χ1v) is 8.52. The van der Waals surface area contributed by atoms with E-state index in [1.807, 2.05) is 0 Å². The van der Waals surface area contributed by atoms with E-state index in [9.17, 15) is 19.2 Å². The molecule has 0 radical (unpaired) electrons.